The molecule has 0 bridgehead atoms. The Morgan fingerprint density at radius 1 is 0.898 bits per heavy atom. The molecule has 0 aromatic carbocycles. The minimum absolute atomic E-state index is 0.204. The SMILES string of the molecule is CCCCNC(=S)N=C1N/C(=C\c2[nH]c(NC(C)=O)c(C(=O)OC3C(C)CC(C)CC3C)c2C)C(C)=C1C(=O)OC1C(C)CC(C)CC1C. The minimum atomic E-state index is -0.480. The number of nitrogens with one attached hydrogen (secondary N) is 4. The number of amidine groups is 1. The van der Waals surface area contributed by atoms with Crippen molar-refractivity contribution in [1.29, 1.82) is 0 Å². The van der Waals surface area contributed by atoms with E-state index in [9.17, 15) is 14.4 Å². The van der Waals surface area contributed by atoms with E-state index in [1.54, 1.807) is 0 Å². The van der Waals surface area contributed by atoms with Crippen molar-refractivity contribution >= 4 is 52.9 Å². The molecule has 11 heteroatoms. The number of nitrogens with zero attached hydrogens (tertiary/aromatic N) is 1. The number of carbonyl (C=O) groups is 3. The lowest BCUT2D eigenvalue weighted by Crippen LogP contribution is -2.38. The highest BCUT2D eigenvalue weighted by molar-refractivity contribution is 7.80. The quantitative estimate of drug-likeness (QED) is 0.119. The predicted octanol–water partition coefficient (Wildman–Crippen LogP) is 7.46. The molecule has 0 saturated heterocycles. The van der Waals surface area contributed by atoms with Crippen LogP contribution in [-0.2, 0) is 19.1 Å². The van der Waals surface area contributed by atoms with E-state index in [1.165, 1.54) is 6.92 Å². The second kappa shape index (κ2) is 16.5. The van der Waals surface area contributed by atoms with Crippen LogP contribution < -0.4 is 16.0 Å². The van der Waals surface area contributed by atoms with Crippen molar-refractivity contribution in [1.82, 2.24) is 15.6 Å². The number of thiocarbonyl (C=S) groups is 1. The Hall–Kier alpha value is -3.47. The van der Waals surface area contributed by atoms with E-state index in [0.717, 1.165) is 38.5 Å². The number of hydrogen-bond donors (Lipinski definition) is 4. The van der Waals surface area contributed by atoms with Gasteiger partial charge in [0.15, 0.2) is 5.11 Å². The highest BCUT2D eigenvalue weighted by Gasteiger charge is 2.38. The molecule has 1 aliphatic heterocycles. The lowest BCUT2D eigenvalue weighted by molar-refractivity contribution is -0.152. The molecule has 270 valence electrons. The zero-order valence-electron chi connectivity index (χ0n) is 31.0. The molecular weight excluding hydrogens is 639 g/mol. The first-order valence-electron chi connectivity index (χ1n) is 18.1. The van der Waals surface area contributed by atoms with Gasteiger partial charge >= 0.3 is 11.9 Å². The van der Waals surface area contributed by atoms with Gasteiger partial charge in [0.25, 0.3) is 0 Å². The standard InChI is InChI=1S/C38H57N5O5S/c1-11-12-13-39-38(49)43-35-31(37(46)48-33-23(6)16-20(3)17-24(33)7)26(9)29(42-35)18-28-25(8)30(34(41-28)40-27(10)44)36(45)47-32-21(4)14-19(2)15-22(32)5/h18-24,32-33,41H,11-17H2,1-10H3,(H,40,44)(H2,39,42,43,49)/b29-18-. The summed E-state index contributed by atoms with van der Waals surface area (Å²) in [5, 5.41) is 9.51. The lowest BCUT2D eigenvalue weighted by atomic mass is 9.75. The van der Waals surface area contributed by atoms with E-state index in [4.69, 9.17) is 21.7 Å². The van der Waals surface area contributed by atoms with Crippen LogP contribution in [0.1, 0.15) is 122 Å². The van der Waals surface area contributed by atoms with Gasteiger partial charge in [-0.2, -0.15) is 0 Å². The molecule has 2 aliphatic carbocycles. The summed E-state index contributed by atoms with van der Waals surface area (Å²) in [7, 11) is 0. The van der Waals surface area contributed by atoms with Crippen LogP contribution in [-0.4, -0.2) is 52.5 Å². The van der Waals surface area contributed by atoms with Crippen molar-refractivity contribution in [2.45, 2.75) is 120 Å². The molecule has 4 unspecified atom stereocenters. The predicted molar refractivity (Wildman–Crippen MR) is 199 cm³/mol. The van der Waals surface area contributed by atoms with Gasteiger partial charge in [-0.15, -0.1) is 0 Å². The maximum atomic E-state index is 13.9. The van der Waals surface area contributed by atoms with E-state index in [-0.39, 0.29) is 58.3 Å². The largest absolute Gasteiger partial charge is 0.458 e. The second-order valence-electron chi connectivity index (χ2n) is 15.1. The number of rotatable bonds is 9. The fourth-order valence-corrected chi connectivity index (χ4v) is 8.43. The molecule has 0 radical (unpaired) electrons. The highest BCUT2D eigenvalue weighted by atomic mass is 32.1. The number of allylic oxidation sites excluding steroid dienone is 1. The number of hydrogen-bond acceptors (Lipinski definition) is 6. The van der Waals surface area contributed by atoms with Crippen LogP contribution in [0.15, 0.2) is 21.8 Å². The summed E-state index contributed by atoms with van der Waals surface area (Å²) in [6, 6.07) is 0. The first kappa shape index (κ1) is 38.3. The number of unbranched alkanes of at least 4 members (excludes halogenated alkanes) is 1. The summed E-state index contributed by atoms with van der Waals surface area (Å²) >= 11 is 5.53. The minimum Gasteiger partial charge on any atom is -0.458 e. The molecule has 4 N–H and O–H groups in total. The van der Waals surface area contributed by atoms with E-state index in [1.807, 2.05) is 19.9 Å². The van der Waals surface area contributed by atoms with Crippen LogP contribution in [0.3, 0.4) is 0 Å². The van der Waals surface area contributed by atoms with Crippen LogP contribution in [0.2, 0.25) is 0 Å². The number of aliphatic imine (C=N–C) groups is 1. The zero-order chi connectivity index (χ0) is 36.2. The van der Waals surface area contributed by atoms with Gasteiger partial charge in [0.1, 0.15) is 35.0 Å². The summed E-state index contributed by atoms with van der Waals surface area (Å²) in [6.07, 6.45) is 7.33. The number of carbonyl (C=O) groups excluding carboxylic acids is 3. The monoisotopic (exact) mass is 695 g/mol. The Morgan fingerprint density at radius 3 is 1.94 bits per heavy atom. The van der Waals surface area contributed by atoms with Crippen LogP contribution in [0, 0.1) is 42.4 Å². The van der Waals surface area contributed by atoms with Gasteiger partial charge in [-0.05, 0) is 111 Å². The third-order valence-electron chi connectivity index (χ3n) is 10.4. The molecule has 49 heavy (non-hydrogen) atoms. The van der Waals surface area contributed by atoms with Crippen molar-refractivity contribution < 1.29 is 23.9 Å². The molecule has 3 aliphatic rings. The Labute approximate surface area is 297 Å². The summed E-state index contributed by atoms with van der Waals surface area (Å²) in [5.41, 5.74) is 3.04. The van der Waals surface area contributed by atoms with Crippen LogP contribution in [0.4, 0.5) is 5.82 Å². The molecule has 2 saturated carbocycles. The normalized spacial score (nSPS) is 30.2. The molecule has 2 heterocycles. The maximum absolute atomic E-state index is 13.9. The van der Waals surface area contributed by atoms with Gasteiger partial charge in [0.05, 0.1) is 0 Å². The first-order valence-corrected chi connectivity index (χ1v) is 18.5. The molecule has 4 rings (SSSR count). The summed E-state index contributed by atoms with van der Waals surface area (Å²) < 4.78 is 12.4. The number of aromatic nitrogens is 1. The van der Waals surface area contributed by atoms with Crippen molar-refractivity contribution in [3.05, 3.63) is 33.7 Å². The third kappa shape index (κ3) is 9.21. The fraction of sp³-hybridized carbons (Fsp3) is 0.658. The maximum Gasteiger partial charge on any atom is 0.342 e. The summed E-state index contributed by atoms with van der Waals surface area (Å²) in [4.78, 5) is 47.8. The average Bonchev–Trinajstić information content (AvgIpc) is 3.46. The molecule has 1 aromatic heterocycles. The van der Waals surface area contributed by atoms with Crippen molar-refractivity contribution in [3.8, 4) is 0 Å². The smallest absolute Gasteiger partial charge is 0.342 e. The molecule has 0 spiro atoms. The van der Waals surface area contributed by atoms with Crippen LogP contribution >= 0.6 is 12.2 Å². The second-order valence-corrected chi connectivity index (χ2v) is 15.5. The highest BCUT2D eigenvalue weighted by Crippen LogP contribution is 2.38. The van der Waals surface area contributed by atoms with E-state index >= 15 is 0 Å². The Morgan fingerprint density at radius 2 is 1.43 bits per heavy atom. The first-order chi connectivity index (χ1) is 23.1. The topological polar surface area (TPSA) is 134 Å². The Balaban J connectivity index is 1.70. The molecular formula is C38H57N5O5S. The molecule has 2 fully saturated rings. The van der Waals surface area contributed by atoms with Crippen LogP contribution in [0.5, 0.6) is 0 Å². The van der Waals surface area contributed by atoms with E-state index < -0.39 is 11.9 Å². The number of H-pyrrole nitrogens is 1. The van der Waals surface area contributed by atoms with Crippen LogP contribution in [0.25, 0.3) is 6.08 Å². The summed E-state index contributed by atoms with van der Waals surface area (Å²) in [6.45, 7) is 20.9. The van der Waals surface area contributed by atoms with Gasteiger partial charge in [-0.3, -0.25) is 4.79 Å². The number of esters is 2. The number of ether oxygens (including phenoxy) is 2. The fourth-order valence-electron chi connectivity index (χ4n) is 8.23. The third-order valence-corrected chi connectivity index (χ3v) is 10.6. The number of aromatic amines is 1. The van der Waals surface area contributed by atoms with Crippen molar-refractivity contribution in [3.63, 3.8) is 0 Å². The number of amides is 1. The Bertz CT molecular complexity index is 1500. The van der Waals surface area contributed by atoms with Crippen molar-refractivity contribution in [2.24, 2.45) is 40.5 Å². The van der Waals surface area contributed by atoms with Gasteiger partial charge < -0.3 is 30.4 Å². The van der Waals surface area contributed by atoms with Crippen molar-refractivity contribution in [2.75, 3.05) is 11.9 Å². The van der Waals surface area contributed by atoms with E-state index in [2.05, 4.69) is 74.4 Å². The lowest BCUT2D eigenvalue weighted by Gasteiger charge is -2.37. The molecule has 1 aromatic rings. The molecule has 10 nitrogen and oxygen atoms in total. The average molecular weight is 696 g/mol. The molecule has 4 atom stereocenters. The van der Waals surface area contributed by atoms with Gasteiger partial charge in [-0.25, -0.2) is 14.6 Å². The van der Waals surface area contributed by atoms with Gasteiger partial charge in [0.2, 0.25) is 5.91 Å². The van der Waals surface area contributed by atoms with Gasteiger partial charge in [-0.1, -0.05) is 54.9 Å². The van der Waals surface area contributed by atoms with E-state index in [0.29, 0.717) is 52.3 Å². The zero-order valence-corrected chi connectivity index (χ0v) is 31.9. The molecule has 1 amide bonds. The van der Waals surface area contributed by atoms with Gasteiger partial charge in [0, 0.05) is 24.9 Å². The summed E-state index contributed by atoms with van der Waals surface area (Å²) in [5.74, 6) is 1.43. The number of anilines is 1. The Kier molecular flexibility index (Phi) is 12.9.